The number of hydrogen-bond acceptors (Lipinski definition) is 5. The molecule has 0 amide bonds. The quantitative estimate of drug-likeness (QED) is 0.770. The van der Waals surface area contributed by atoms with Crippen LogP contribution in [0.2, 0.25) is 0 Å². The van der Waals surface area contributed by atoms with E-state index in [-0.39, 0.29) is 5.97 Å². The SMILES string of the molecule is CCOC(=O)C1(NC)CCC(N2CCN(C)C(CC)C2)C1. The Labute approximate surface area is 129 Å². The van der Waals surface area contributed by atoms with Gasteiger partial charge in [-0.2, -0.15) is 0 Å². The molecule has 1 heterocycles. The molecule has 1 N–H and O–H groups in total. The summed E-state index contributed by atoms with van der Waals surface area (Å²) >= 11 is 0. The highest BCUT2D eigenvalue weighted by molar-refractivity contribution is 5.81. The van der Waals surface area contributed by atoms with Crippen molar-refractivity contribution in [2.75, 3.05) is 40.3 Å². The molecule has 0 spiro atoms. The summed E-state index contributed by atoms with van der Waals surface area (Å²) in [7, 11) is 4.11. The zero-order valence-corrected chi connectivity index (χ0v) is 14.0. The average Bonchev–Trinajstić information content (AvgIpc) is 2.94. The third kappa shape index (κ3) is 3.41. The predicted molar refractivity (Wildman–Crippen MR) is 84.3 cm³/mol. The number of rotatable bonds is 5. The third-order valence-electron chi connectivity index (χ3n) is 5.43. The first kappa shape index (κ1) is 16.7. The Kier molecular flexibility index (Phi) is 5.63. The third-order valence-corrected chi connectivity index (χ3v) is 5.43. The lowest BCUT2D eigenvalue weighted by Crippen LogP contribution is -2.55. The fourth-order valence-electron chi connectivity index (χ4n) is 3.86. The lowest BCUT2D eigenvalue weighted by molar-refractivity contribution is -0.151. The van der Waals surface area contributed by atoms with Crippen molar-refractivity contribution >= 4 is 5.97 Å². The number of nitrogens with zero attached hydrogens (tertiary/aromatic N) is 2. The second-order valence-corrected chi connectivity index (χ2v) is 6.49. The number of ether oxygens (including phenoxy) is 1. The minimum Gasteiger partial charge on any atom is -0.465 e. The number of esters is 1. The number of hydrogen-bond donors (Lipinski definition) is 1. The molecule has 1 aliphatic heterocycles. The van der Waals surface area contributed by atoms with E-state index >= 15 is 0 Å². The number of carbonyl (C=O) groups is 1. The molecule has 21 heavy (non-hydrogen) atoms. The van der Waals surface area contributed by atoms with E-state index in [1.54, 1.807) is 0 Å². The Morgan fingerprint density at radius 1 is 1.38 bits per heavy atom. The monoisotopic (exact) mass is 297 g/mol. The van der Waals surface area contributed by atoms with Crippen molar-refractivity contribution in [2.24, 2.45) is 0 Å². The van der Waals surface area contributed by atoms with Crippen molar-refractivity contribution in [3.63, 3.8) is 0 Å². The first-order valence-corrected chi connectivity index (χ1v) is 8.36. The summed E-state index contributed by atoms with van der Waals surface area (Å²) < 4.78 is 5.29. The summed E-state index contributed by atoms with van der Waals surface area (Å²) in [6.45, 7) is 7.96. The Morgan fingerprint density at radius 3 is 2.76 bits per heavy atom. The highest BCUT2D eigenvalue weighted by Gasteiger charge is 2.47. The maximum absolute atomic E-state index is 12.3. The van der Waals surface area contributed by atoms with Crippen LogP contribution in [0.3, 0.4) is 0 Å². The molecule has 1 saturated carbocycles. The van der Waals surface area contributed by atoms with Crippen molar-refractivity contribution in [1.29, 1.82) is 0 Å². The average molecular weight is 297 g/mol. The van der Waals surface area contributed by atoms with Crippen LogP contribution < -0.4 is 5.32 Å². The molecule has 0 radical (unpaired) electrons. The van der Waals surface area contributed by atoms with Gasteiger partial charge in [0.15, 0.2) is 0 Å². The van der Waals surface area contributed by atoms with Crippen LogP contribution in [0.25, 0.3) is 0 Å². The Morgan fingerprint density at radius 2 is 2.14 bits per heavy atom. The number of carbonyl (C=O) groups excluding carboxylic acids is 1. The van der Waals surface area contributed by atoms with Gasteiger partial charge in [-0.15, -0.1) is 0 Å². The fraction of sp³-hybridized carbons (Fsp3) is 0.938. The molecule has 3 atom stereocenters. The second kappa shape index (κ2) is 7.07. The Bertz CT molecular complexity index is 363. The predicted octanol–water partition coefficient (Wildman–Crippen LogP) is 1.09. The van der Waals surface area contributed by atoms with Gasteiger partial charge in [0.05, 0.1) is 6.61 Å². The molecule has 5 heteroatoms. The lowest BCUT2D eigenvalue weighted by Gasteiger charge is -2.42. The van der Waals surface area contributed by atoms with E-state index in [1.807, 2.05) is 14.0 Å². The zero-order chi connectivity index (χ0) is 15.5. The van der Waals surface area contributed by atoms with E-state index < -0.39 is 5.54 Å². The van der Waals surface area contributed by atoms with Crippen molar-refractivity contribution < 1.29 is 9.53 Å². The van der Waals surface area contributed by atoms with Crippen LogP contribution in [-0.2, 0) is 9.53 Å². The van der Waals surface area contributed by atoms with E-state index in [0.717, 1.165) is 38.9 Å². The molecule has 2 fully saturated rings. The normalized spacial score (nSPS) is 35.0. The van der Waals surface area contributed by atoms with Crippen LogP contribution in [0.15, 0.2) is 0 Å². The Hall–Kier alpha value is -0.650. The van der Waals surface area contributed by atoms with E-state index in [1.165, 1.54) is 6.42 Å². The van der Waals surface area contributed by atoms with Crippen molar-refractivity contribution in [1.82, 2.24) is 15.1 Å². The molecule has 2 aliphatic rings. The maximum Gasteiger partial charge on any atom is 0.326 e. The van der Waals surface area contributed by atoms with Crippen molar-refractivity contribution in [3.8, 4) is 0 Å². The van der Waals surface area contributed by atoms with Gasteiger partial charge >= 0.3 is 5.97 Å². The van der Waals surface area contributed by atoms with Crippen LogP contribution in [0.4, 0.5) is 0 Å². The minimum atomic E-state index is -0.467. The summed E-state index contributed by atoms with van der Waals surface area (Å²) in [5.41, 5.74) is -0.467. The van der Waals surface area contributed by atoms with Gasteiger partial charge in [0.1, 0.15) is 5.54 Å². The lowest BCUT2D eigenvalue weighted by atomic mass is 9.97. The van der Waals surface area contributed by atoms with Crippen LogP contribution in [-0.4, -0.2) is 73.7 Å². The molecule has 1 aliphatic carbocycles. The standard InChI is InChI=1S/C16H31N3O2/c1-5-13-12-19(10-9-18(13)4)14-7-8-16(11-14,17-3)15(20)21-6-2/h13-14,17H,5-12H2,1-4H3. The molecule has 0 aromatic carbocycles. The van der Waals surface area contributed by atoms with Crippen molar-refractivity contribution in [2.45, 2.75) is 57.2 Å². The van der Waals surface area contributed by atoms with Crippen molar-refractivity contribution in [3.05, 3.63) is 0 Å². The molecule has 5 nitrogen and oxygen atoms in total. The summed E-state index contributed by atoms with van der Waals surface area (Å²) in [6.07, 6.45) is 4.03. The van der Waals surface area contributed by atoms with E-state index in [0.29, 0.717) is 18.7 Å². The number of nitrogens with one attached hydrogen (secondary N) is 1. The highest BCUT2D eigenvalue weighted by Crippen LogP contribution is 2.35. The molecule has 122 valence electrons. The second-order valence-electron chi connectivity index (χ2n) is 6.49. The molecule has 0 bridgehead atoms. The van der Waals surface area contributed by atoms with Gasteiger partial charge in [0, 0.05) is 31.7 Å². The summed E-state index contributed by atoms with van der Waals surface area (Å²) in [5.74, 6) is -0.0730. The minimum absolute atomic E-state index is 0.0730. The molecule has 0 aromatic heterocycles. The summed E-state index contributed by atoms with van der Waals surface area (Å²) in [5, 5.41) is 3.25. The molecular weight excluding hydrogens is 266 g/mol. The van der Waals surface area contributed by atoms with Gasteiger partial charge in [-0.05, 0) is 46.7 Å². The van der Waals surface area contributed by atoms with Gasteiger partial charge in [0.2, 0.25) is 0 Å². The maximum atomic E-state index is 12.3. The van der Waals surface area contributed by atoms with Gasteiger partial charge < -0.3 is 15.0 Å². The zero-order valence-electron chi connectivity index (χ0n) is 14.0. The first-order chi connectivity index (χ1) is 10.1. The van der Waals surface area contributed by atoms with Crippen LogP contribution in [0.5, 0.6) is 0 Å². The summed E-state index contributed by atoms with van der Waals surface area (Å²) in [4.78, 5) is 17.3. The molecular formula is C16H31N3O2. The van der Waals surface area contributed by atoms with Gasteiger partial charge in [-0.3, -0.25) is 9.69 Å². The number of piperazine rings is 1. The fourth-order valence-corrected chi connectivity index (χ4v) is 3.86. The molecule has 1 saturated heterocycles. The van der Waals surface area contributed by atoms with Crippen LogP contribution >= 0.6 is 0 Å². The van der Waals surface area contributed by atoms with Crippen LogP contribution in [0, 0.1) is 0 Å². The van der Waals surface area contributed by atoms with E-state index in [2.05, 4.69) is 29.1 Å². The molecule has 3 unspecified atom stereocenters. The first-order valence-electron chi connectivity index (χ1n) is 8.36. The molecule has 2 rings (SSSR count). The van der Waals surface area contributed by atoms with Gasteiger partial charge in [-0.1, -0.05) is 6.92 Å². The summed E-state index contributed by atoms with van der Waals surface area (Å²) in [6, 6.07) is 1.15. The largest absolute Gasteiger partial charge is 0.465 e. The molecule has 0 aromatic rings. The number of likely N-dealkylation sites (N-methyl/N-ethyl adjacent to an activating group) is 2. The smallest absolute Gasteiger partial charge is 0.326 e. The Balaban J connectivity index is 1.99. The van der Waals surface area contributed by atoms with E-state index in [4.69, 9.17) is 4.74 Å². The van der Waals surface area contributed by atoms with Gasteiger partial charge in [-0.25, -0.2) is 0 Å². The topological polar surface area (TPSA) is 44.8 Å². The highest BCUT2D eigenvalue weighted by atomic mass is 16.5. The van der Waals surface area contributed by atoms with Crippen LogP contribution in [0.1, 0.15) is 39.5 Å². The van der Waals surface area contributed by atoms with E-state index in [9.17, 15) is 4.79 Å². The van der Waals surface area contributed by atoms with Gasteiger partial charge in [0.25, 0.3) is 0 Å².